The van der Waals surface area contributed by atoms with Crippen LogP contribution < -0.4 is 5.43 Å². The Morgan fingerprint density at radius 2 is 2.00 bits per heavy atom. The van der Waals surface area contributed by atoms with Gasteiger partial charge in [0.25, 0.3) is 6.43 Å². The largest absolute Gasteiger partial charge is 0.361 e. The van der Waals surface area contributed by atoms with Gasteiger partial charge in [-0.1, -0.05) is 6.07 Å². The molecule has 2 nitrogen and oxygen atoms in total. The summed E-state index contributed by atoms with van der Waals surface area (Å²) < 4.78 is 24.6. The summed E-state index contributed by atoms with van der Waals surface area (Å²) in [7, 11) is 0. The number of hydrogen-bond acceptors (Lipinski definition) is 1. The zero-order valence-electron chi connectivity index (χ0n) is 7.13. The second kappa shape index (κ2) is 3.21. The molecule has 4 heteroatoms. The van der Waals surface area contributed by atoms with E-state index >= 15 is 0 Å². The summed E-state index contributed by atoms with van der Waals surface area (Å²) in [6.45, 7) is 0. The maximum absolute atomic E-state index is 12.3. The number of alkyl halides is 2. The van der Waals surface area contributed by atoms with E-state index in [1.54, 1.807) is 0 Å². The number of aromatic amines is 1. The summed E-state index contributed by atoms with van der Waals surface area (Å²) in [4.78, 5) is 14.0. The Morgan fingerprint density at radius 1 is 1.21 bits per heavy atom. The van der Waals surface area contributed by atoms with Crippen molar-refractivity contribution in [2.45, 2.75) is 6.43 Å². The lowest BCUT2D eigenvalue weighted by Gasteiger charge is -2.01. The number of pyridine rings is 1. The van der Waals surface area contributed by atoms with Gasteiger partial charge in [-0.05, 0) is 12.1 Å². The molecule has 0 saturated heterocycles. The maximum Gasteiger partial charge on any atom is 0.263 e. The molecule has 0 aliphatic rings. The molecule has 0 amide bonds. The molecular weight excluding hydrogens is 188 g/mol. The van der Waals surface area contributed by atoms with Crippen molar-refractivity contribution in [3.8, 4) is 0 Å². The van der Waals surface area contributed by atoms with Gasteiger partial charge >= 0.3 is 0 Å². The van der Waals surface area contributed by atoms with Gasteiger partial charge in [0, 0.05) is 28.7 Å². The van der Waals surface area contributed by atoms with Crippen molar-refractivity contribution in [2.24, 2.45) is 0 Å². The summed E-state index contributed by atoms with van der Waals surface area (Å²) in [5.41, 5.74) is 0.189. The van der Waals surface area contributed by atoms with Gasteiger partial charge in [0.15, 0.2) is 5.43 Å². The van der Waals surface area contributed by atoms with E-state index in [1.165, 1.54) is 30.5 Å². The Balaban J connectivity index is 2.74. The SMILES string of the molecule is O=c1cc[nH]c2cc(C(F)F)ccc12. The van der Waals surface area contributed by atoms with Crippen LogP contribution in [0.3, 0.4) is 0 Å². The minimum Gasteiger partial charge on any atom is -0.361 e. The highest BCUT2D eigenvalue weighted by molar-refractivity contribution is 5.78. The van der Waals surface area contributed by atoms with Crippen molar-refractivity contribution in [3.63, 3.8) is 0 Å². The highest BCUT2D eigenvalue weighted by Gasteiger charge is 2.07. The van der Waals surface area contributed by atoms with Crippen molar-refractivity contribution < 1.29 is 8.78 Å². The smallest absolute Gasteiger partial charge is 0.263 e. The molecule has 1 N–H and O–H groups in total. The molecule has 0 atom stereocenters. The van der Waals surface area contributed by atoms with Crippen LogP contribution in [0.1, 0.15) is 12.0 Å². The summed E-state index contributed by atoms with van der Waals surface area (Å²) in [6, 6.07) is 5.34. The highest BCUT2D eigenvalue weighted by Crippen LogP contribution is 2.20. The molecule has 14 heavy (non-hydrogen) atoms. The average molecular weight is 195 g/mol. The van der Waals surface area contributed by atoms with Crippen molar-refractivity contribution in [3.05, 3.63) is 46.2 Å². The first kappa shape index (κ1) is 8.87. The summed E-state index contributed by atoms with van der Waals surface area (Å²) in [6.07, 6.45) is -1.07. The number of fused-ring (bicyclic) bond motifs is 1. The van der Waals surface area contributed by atoms with E-state index in [2.05, 4.69) is 4.98 Å². The first-order valence-corrected chi connectivity index (χ1v) is 4.08. The average Bonchev–Trinajstić information content (AvgIpc) is 2.17. The summed E-state index contributed by atoms with van der Waals surface area (Å²) in [5, 5.41) is 0.428. The number of halogens is 2. The second-order valence-corrected chi connectivity index (χ2v) is 2.95. The first-order valence-electron chi connectivity index (χ1n) is 4.08. The van der Waals surface area contributed by atoms with Gasteiger partial charge in [0.2, 0.25) is 0 Å². The number of H-pyrrole nitrogens is 1. The van der Waals surface area contributed by atoms with Crippen molar-refractivity contribution in [1.82, 2.24) is 4.98 Å². The maximum atomic E-state index is 12.3. The third-order valence-electron chi connectivity index (χ3n) is 2.03. The number of aromatic nitrogens is 1. The van der Waals surface area contributed by atoms with Crippen molar-refractivity contribution in [1.29, 1.82) is 0 Å². The molecule has 0 fully saturated rings. The third-order valence-corrected chi connectivity index (χ3v) is 2.03. The van der Waals surface area contributed by atoms with Crippen LogP contribution in [-0.4, -0.2) is 4.98 Å². The number of nitrogens with one attached hydrogen (secondary N) is 1. The quantitative estimate of drug-likeness (QED) is 0.744. The van der Waals surface area contributed by atoms with Gasteiger partial charge in [-0.15, -0.1) is 0 Å². The van der Waals surface area contributed by atoms with Crippen LogP contribution >= 0.6 is 0 Å². The van der Waals surface area contributed by atoms with Gasteiger partial charge in [0.05, 0.1) is 0 Å². The third kappa shape index (κ3) is 1.39. The molecule has 2 rings (SSSR count). The van der Waals surface area contributed by atoms with Gasteiger partial charge in [0.1, 0.15) is 0 Å². The van der Waals surface area contributed by atoms with Crippen LogP contribution in [-0.2, 0) is 0 Å². The van der Waals surface area contributed by atoms with E-state index in [9.17, 15) is 13.6 Å². The Labute approximate surface area is 78.2 Å². The van der Waals surface area contributed by atoms with Crippen LogP contribution in [0.4, 0.5) is 8.78 Å². The normalized spacial score (nSPS) is 11.1. The standard InChI is InChI=1S/C10H7F2NO/c11-10(12)6-1-2-7-8(5-6)13-4-3-9(7)14/h1-5,10H,(H,13,14). The van der Waals surface area contributed by atoms with E-state index in [4.69, 9.17) is 0 Å². The molecule has 0 unspecified atom stereocenters. The first-order chi connectivity index (χ1) is 6.68. The molecule has 0 saturated carbocycles. The van der Waals surface area contributed by atoms with Crippen LogP contribution in [0, 0.1) is 0 Å². The van der Waals surface area contributed by atoms with E-state index < -0.39 is 6.43 Å². The molecule has 1 heterocycles. The lowest BCUT2D eigenvalue weighted by atomic mass is 10.1. The van der Waals surface area contributed by atoms with Crippen LogP contribution in [0.2, 0.25) is 0 Å². The van der Waals surface area contributed by atoms with E-state index in [0.29, 0.717) is 10.9 Å². The minimum absolute atomic E-state index is 0.0839. The van der Waals surface area contributed by atoms with Gasteiger partial charge in [-0.25, -0.2) is 8.78 Å². The summed E-state index contributed by atoms with van der Waals surface area (Å²) >= 11 is 0. The second-order valence-electron chi connectivity index (χ2n) is 2.95. The van der Waals surface area contributed by atoms with Crippen LogP contribution in [0.15, 0.2) is 35.3 Å². The van der Waals surface area contributed by atoms with Crippen LogP contribution in [0.25, 0.3) is 10.9 Å². The minimum atomic E-state index is -2.51. The van der Waals surface area contributed by atoms with E-state index in [1.807, 2.05) is 0 Å². The zero-order valence-corrected chi connectivity index (χ0v) is 7.13. The Morgan fingerprint density at radius 3 is 2.71 bits per heavy atom. The lowest BCUT2D eigenvalue weighted by Crippen LogP contribution is -2.00. The Hall–Kier alpha value is -1.71. The number of hydrogen-bond donors (Lipinski definition) is 1. The fourth-order valence-electron chi connectivity index (χ4n) is 1.33. The monoisotopic (exact) mass is 195 g/mol. The molecule has 0 aliphatic carbocycles. The Kier molecular flexibility index (Phi) is 2.04. The van der Waals surface area contributed by atoms with E-state index in [-0.39, 0.29) is 11.0 Å². The van der Waals surface area contributed by atoms with Gasteiger partial charge in [-0.2, -0.15) is 0 Å². The molecule has 1 aromatic heterocycles. The van der Waals surface area contributed by atoms with E-state index in [0.717, 1.165) is 0 Å². The molecule has 0 radical (unpaired) electrons. The van der Waals surface area contributed by atoms with Crippen molar-refractivity contribution in [2.75, 3.05) is 0 Å². The Bertz CT molecular complexity index is 519. The van der Waals surface area contributed by atoms with Crippen LogP contribution in [0.5, 0.6) is 0 Å². The fourth-order valence-corrected chi connectivity index (χ4v) is 1.33. The topological polar surface area (TPSA) is 32.9 Å². The number of benzene rings is 1. The highest BCUT2D eigenvalue weighted by atomic mass is 19.3. The zero-order chi connectivity index (χ0) is 10.1. The molecule has 2 aromatic rings. The molecule has 0 spiro atoms. The number of rotatable bonds is 1. The molecule has 0 bridgehead atoms. The molecule has 0 aliphatic heterocycles. The molecule has 1 aromatic carbocycles. The summed E-state index contributed by atoms with van der Waals surface area (Å²) in [5.74, 6) is 0. The molecular formula is C10H7F2NO. The van der Waals surface area contributed by atoms with Gasteiger partial charge < -0.3 is 4.98 Å². The predicted molar refractivity (Wildman–Crippen MR) is 49.5 cm³/mol. The lowest BCUT2D eigenvalue weighted by molar-refractivity contribution is 0.151. The molecule has 72 valence electrons. The van der Waals surface area contributed by atoms with Crippen molar-refractivity contribution >= 4 is 10.9 Å². The van der Waals surface area contributed by atoms with Gasteiger partial charge in [-0.3, -0.25) is 4.79 Å². The predicted octanol–water partition coefficient (Wildman–Crippen LogP) is 2.47. The fraction of sp³-hybridized carbons (Fsp3) is 0.100.